The summed E-state index contributed by atoms with van der Waals surface area (Å²) in [5, 5.41) is 2.98. The van der Waals surface area contributed by atoms with Crippen molar-refractivity contribution in [3.05, 3.63) is 65.4 Å². The minimum atomic E-state index is -0.118. The van der Waals surface area contributed by atoms with Crippen LogP contribution in [0.4, 0.5) is 16.3 Å². The molecule has 0 atom stereocenters. The van der Waals surface area contributed by atoms with Gasteiger partial charge in [-0.2, -0.15) is 0 Å². The first-order valence-electron chi connectivity index (χ1n) is 11.8. The van der Waals surface area contributed by atoms with E-state index < -0.39 is 0 Å². The molecule has 1 aliphatic heterocycles. The van der Waals surface area contributed by atoms with Gasteiger partial charge in [-0.3, -0.25) is 0 Å². The molecule has 0 radical (unpaired) electrons. The van der Waals surface area contributed by atoms with Gasteiger partial charge in [-0.15, -0.1) is 0 Å². The van der Waals surface area contributed by atoms with Crippen molar-refractivity contribution >= 4 is 17.5 Å². The van der Waals surface area contributed by atoms with Crippen LogP contribution in [-0.2, 0) is 0 Å². The molecule has 0 saturated carbocycles. The molecular weight excluding hydrogens is 426 g/mol. The molecule has 7 nitrogen and oxygen atoms in total. The number of para-hydroxylation sites is 2. The summed E-state index contributed by atoms with van der Waals surface area (Å²) in [7, 11) is 1.60. The van der Waals surface area contributed by atoms with Crippen molar-refractivity contribution in [1.82, 2.24) is 14.9 Å². The second kappa shape index (κ2) is 10.1. The molecular formula is C27H33N5O2. The van der Waals surface area contributed by atoms with E-state index in [0.29, 0.717) is 43.5 Å². The van der Waals surface area contributed by atoms with E-state index in [1.807, 2.05) is 35.2 Å². The number of amides is 2. The summed E-state index contributed by atoms with van der Waals surface area (Å²) in [5.74, 6) is 2.67. The van der Waals surface area contributed by atoms with E-state index in [-0.39, 0.29) is 6.03 Å². The molecule has 0 bridgehead atoms. The Morgan fingerprint density at radius 2 is 1.74 bits per heavy atom. The average Bonchev–Trinajstić information content (AvgIpc) is 2.83. The summed E-state index contributed by atoms with van der Waals surface area (Å²) in [5.41, 5.74) is 5.06. The van der Waals surface area contributed by atoms with Crippen molar-refractivity contribution in [2.45, 2.75) is 33.6 Å². The number of hydrogen-bond donors (Lipinski definition) is 1. The van der Waals surface area contributed by atoms with Crippen LogP contribution < -0.4 is 15.0 Å². The van der Waals surface area contributed by atoms with Gasteiger partial charge in [-0.1, -0.05) is 49.7 Å². The van der Waals surface area contributed by atoms with Crippen molar-refractivity contribution in [3.63, 3.8) is 0 Å². The van der Waals surface area contributed by atoms with Gasteiger partial charge in [0.1, 0.15) is 11.6 Å². The quantitative estimate of drug-likeness (QED) is 0.565. The molecule has 1 fully saturated rings. The van der Waals surface area contributed by atoms with Crippen LogP contribution in [0, 0.1) is 13.8 Å². The molecule has 2 heterocycles. The highest BCUT2D eigenvalue weighted by Crippen LogP contribution is 2.32. The molecule has 3 aromatic rings. The molecule has 1 saturated heterocycles. The van der Waals surface area contributed by atoms with E-state index in [1.165, 1.54) is 11.1 Å². The highest BCUT2D eigenvalue weighted by Gasteiger charge is 2.26. The number of nitrogens with one attached hydrogen (secondary N) is 1. The molecule has 0 spiro atoms. The van der Waals surface area contributed by atoms with Crippen LogP contribution in [0.15, 0.2) is 48.5 Å². The number of benzene rings is 2. The molecule has 1 aromatic heterocycles. The lowest BCUT2D eigenvalue weighted by atomic mass is 10.0. The third kappa shape index (κ3) is 4.98. The number of ether oxygens (including phenoxy) is 1. The Hall–Kier alpha value is -3.61. The average molecular weight is 460 g/mol. The lowest BCUT2D eigenvalue weighted by Crippen LogP contribution is -2.50. The topological polar surface area (TPSA) is 70.6 Å². The van der Waals surface area contributed by atoms with Crippen LogP contribution in [0.3, 0.4) is 0 Å². The molecule has 0 aliphatic carbocycles. The van der Waals surface area contributed by atoms with Gasteiger partial charge in [-0.05, 0) is 38.0 Å². The van der Waals surface area contributed by atoms with Crippen LogP contribution in [0.25, 0.3) is 11.4 Å². The maximum atomic E-state index is 12.9. The molecule has 0 unspecified atom stereocenters. The van der Waals surface area contributed by atoms with Crippen molar-refractivity contribution in [1.29, 1.82) is 0 Å². The standard InChI is InChI=1S/C27H33N5O2/c1-18(2)24-20(4)28-25(21-10-8-9-19(3)17-21)30-26(24)31-13-15-32(16-14-31)27(33)29-22-11-6-7-12-23(22)34-5/h6-12,17-18H,13-16H2,1-5H3,(H,29,33). The van der Waals surface area contributed by atoms with Crippen LogP contribution in [0.5, 0.6) is 5.75 Å². The fraction of sp³-hybridized carbons (Fsp3) is 0.370. The smallest absolute Gasteiger partial charge is 0.322 e. The Labute approximate surface area is 201 Å². The Morgan fingerprint density at radius 1 is 1.00 bits per heavy atom. The van der Waals surface area contributed by atoms with E-state index >= 15 is 0 Å². The van der Waals surface area contributed by atoms with Crippen LogP contribution >= 0.6 is 0 Å². The molecule has 7 heteroatoms. The molecule has 2 aromatic carbocycles. The van der Waals surface area contributed by atoms with Gasteiger partial charge < -0.3 is 19.9 Å². The van der Waals surface area contributed by atoms with E-state index in [1.54, 1.807) is 7.11 Å². The molecule has 178 valence electrons. The van der Waals surface area contributed by atoms with Gasteiger partial charge in [0.15, 0.2) is 5.82 Å². The van der Waals surface area contributed by atoms with Crippen LogP contribution in [-0.4, -0.2) is 54.2 Å². The van der Waals surface area contributed by atoms with Crippen LogP contribution in [0.2, 0.25) is 0 Å². The number of hydrogen-bond acceptors (Lipinski definition) is 5. The molecule has 34 heavy (non-hydrogen) atoms. The first-order chi connectivity index (χ1) is 16.4. The molecule has 1 N–H and O–H groups in total. The maximum Gasteiger partial charge on any atom is 0.322 e. The summed E-state index contributed by atoms with van der Waals surface area (Å²) >= 11 is 0. The van der Waals surface area contributed by atoms with Crippen LogP contribution in [0.1, 0.15) is 36.6 Å². The van der Waals surface area contributed by atoms with E-state index in [9.17, 15) is 4.79 Å². The van der Waals surface area contributed by atoms with E-state index in [2.05, 4.69) is 56.1 Å². The summed E-state index contributed by atoms with van der Waals surface area (Å²) in [6, 6.07) is 15.6. The maximum absolute atomic E-state index is 12.9. The van der Waals surface area contributed by atoms with Crippen molar-refractivity contribution in [2.75, 3.05) is 43.5 Å². The predicted octanol–water partition coefficient (Wildman–Crippen LogP) is 5.25. The number of anilines is 2. The van der Waals surface area contributed by atoms with Crippen molar-refractivity contribution in [2.24, 2.45) is 0 Å². The number of carbonyl (C=O) groups is 1. The molecule has 2 amide bonds. The monoisotopic (exact) mass is 459 g/mol. The summed E-state index contributed by atoms with van der Waals surface area (Å²) in [6.07, 6.45) is 0. The number of piperazine rings is 1. The number of nitrogens with zero attached hydrogens (tertiary/aromatic N) is 4. The number of rotatable bonds is 5. The number of aromatic nitrogens is 2. The zero-order valence-corrected chi connectivity index (χ0v) is 20.6. The Bertz CT molecular complexity index is 1170. The van der Waals surface area contributed by atoms with E-state index in [4.69, 9.17) is 14.7 Å². The van der Waals surface area contributed by atoms with Crippen molar-refractivity contribution < 1.29 is 9.53 Å². The fourth-order valence-electron chi connectivity index (χ4n) is 4.46. The number of carbonyl (C=O) groups excluding carboxylic acids is 1. The Morgan fingerprint density at radius 3 is 2.41 bits per heavy atom. The first-order valence-corrected chi connectivity index (χ1v) is 11.8. The van der Waals surface area contributed by atoms with E-state index in [0.717, 1.165) is 22.9 Å². The fourth-order valence-corrected chi connectivity index (χ4v) is 4.46. The Kier molecular flexibility index (Phi) is 7.01. The largest absolute Gasteiger partial charge is 0.495 e. The molecule has 1 aliphatic rings. The van der Waals surface area contributed by atoms with Gasteiger partial charge in [-0.25, -0.2) is 14.8 Å². The zero-order valence-electron chi connectivity index (χ0n) is 20.6. The predicted molar refractivity (Wildman–Crippen MR) is 137 cm³/mol. The van der Waals surface area contributed by atoms with Gasteiger partial charge in [0, 0.05) is 43.0 Å². The summed E-state index contributed by atoms with van der Waals surface area (Å²) in [4.78, 5) is 26.9. The summed E-state index contributed by atoms with van der Waals surface area (Å²) < 4.78 is 5.35. The van der Waals surface area contributed by atoms with Gasteiger partial charge in [0.2, 0.25) is 0 Å². The summed E-state index contributed by atoms with van der Waals surface area (Å²) in [6.45, 7) is 11.1. The Balaban J connectivity index is 1.53. The minimum Gasteiger partial charge on any atom is -0.495 e. The second-order valence-corrected chi connectivity index (χ2v) is 9.00. The number of methoxy groups -OCH3 is 1. The van der Waals surface area contributed by atoms with Crippen molar-refractivity contribution in [3.8, 4) is 17.1 Å². The van der Waals surface area contributed by atoms with Gasteiger partial charge in [0.25, 0.3) is 0 Å². The number of aryl methyl sites for hydroxylation is 2. The third-order valence-electron chi connectivity index (χ3n) is 6.18. The normalized spacial score (nSPS) is 13.8. The highest BCUT2D eigenvalue weighted by molar-refractivity contribution is 5.91. The molecule has 4 rings (SSSR count). The SMILES string of the molecule is COc1ccccc1NC(=O)N1CCN(c2nc(-c3cccc(C)c3)nc(C)c2C(C)C)CC1. The highest BCUT2D eigenvalue weighted by atomic mass is 16.5. The first kappa shape index (κ1) is 23.5. The minimum absolute atomic E-state index is 0.118. The lowest BCUT2D eigenvalue weighted by Gasteiger charge is -2.37. The second-order valence-electron chi connectivity index (χ2n) is 9.00. The number of urea groups is 1. The third-order valence-corrected chi connectivity index (χ3v) is 6.18. The van der Waals surface area contributed by atoms with Gasteiger partial charge in [0.05, 0.1) is 12.8 Å². The zero-order chi connectivity index (χ0) is 24.2. The lowest BCUT2D eigenvalue weighted by molar-refractivity contribution is 0.208. The van der Waals surface area contributed by atoms with Gasteiger partial charge >= 0.3 is 6.03 Å².